The second kappa shape index (κ2) is 8.39. The first-order valence-corrected chi connectivity index (χ1v) is 7.84. The number of aliphatic hydroxyl groups is 1. The molecule has 0 spiro atoms. The molecule has 2 aromatic carbocycles. The van der Waals surface area contributed by atoms with Crippen molar-refractivity contribution in [3.8, 4) is 5.75 Å². The first kappa shape index (κ1) is 17.1. The van der Waals surface area contributed by atoms with Crippen molar-refractivity contribution in [1.82, 2.24) is 10.6 Å². The van der Waals surface area contributed by atoms with E-state index in [2.05, 4.69) is 16.7 Å². The molecule has 2 rings (SSSR count). The molecule has 3 N–H and O–H groups in total. The number of ether oxygens (including phenoxy) is 1. The maximum Gasteiger partial charge on any atom is 0.315 e. The zero-order valence-corrected chi connectivity index (χ0v) is 13.6. The van der Waals surface area contributed by atoms with E-state index in [1.165, 1.54) is 0 Å². The fraction of sp³-hybridized carbons (Fsp3) is 0.389. The first-order chi connectivity index (χ1) is 11.1. The van der Waals surface area contributed by atoms with Gasteiger partial charge in [-0.1, -0.05) is 18.2 Å². The lowest BCUT2D eigenvalue weighted by Crippen LogP contribution is -2.40. The van der Waals surface area contributed by atoms with Gasteiger partial charge in [-0.3, -0.25) is 0 Å². The van der Waals surface area contributed by atoms with E-state index >= 15 is 0 Å². The predicted octanol–water partition coefficient (Wildman–Crippen LogP) is 2.81. The Hall–Kier alpha value is -2.27. The highest BCUT2D eigenvalue weighted by Gasteiger charge is 2.06. The van der Waals surface area contributed by atoms with E-state index < -0.39 is 0 Å². The number of nitrogens with one attached hydrogen (secondary N) is 2. The molecule has 0 saturated carbocycles. The van der Waals surface area contributed by atoms with Gasteiger partial charge in [0.1, 0.15) is 5.75 Å². The van der Waals surface area contributed by atoms with Crippen LogP contribution in [0.25, 0.3) is 10.8 Å². The number of hydrogen-bond donors (Lipinski definition) is 3. The summed E-state index contributed by atoms with van der Waals surface area (Å²) in [5, 5.41) is 16.7. The molecule has 0 aliphatic rings. The molecule has 0 heterocycles. The third-order valence-corrected chi connectivity index (χ3v) is 3.74. The van der Waals surface area contributed by atoms with Crippen LogP contribution in [0.4, 0.5) is 4.79 Å². The van der Waals surface area contributed by atoms with Crippen molar-refractivity contribution in [2.75, 3.05) is 13.7 Å². The lowest BCUT2D eigenvalue weighted by atomic mass is 10.1. The SMILES string of the molecule is COc1ccc2cc(CNC(=O)NC(C)CCCO)ccc2c1. The zero-order valence-electron chi connectivity index (χ0n) is 13.6. The normalized spacial score (nSPS) is 12.0. The Morgan fingerprint density at radius 3 is 2.70 bits per heavy atom. The molecule has 0 bridgehead atoms. The van der Waals surface area contributed by atoms with Crippen LogP contribution in [0.15, 0.2) is 36.4 Å². The number of benzene rings is 2. The van der Waals surface area contributed by atoms with Gasteiger partial charge in [0.25, 0.3) is 0 Å². The monoisotopic (exact) mass is 316 g/mol. The van der Waals surface area contributed by atoms with Crippen LogP contribution in [0.3, 0.4) is 0 Å². The molecule has 0 saturated heterocycles. The summed E-state index contributed by atoms with van der Waals surface area (Å²) in [7, 11) is 1.65. The quantitative estimate of drug-likeness (QED) is 0.735. The van der Waals surface area contributed by atoms with Gasteiger partial charge in [-0.05, 0) is 54.3 Å². The third-order valence-electron chi connectivity index (χ3n) is 3.74. The Balaban J connectivity index is 1.90. The summed E-state index contributed by atoms with van der Waals surface area (Å²) in [6.07, 6.45) is 1.46. The minimum atomic E-state index is -0.190. The molecule has 5 nitrogen and oxygen atoms in total. The van der Waals surface area contributed by atoms with Crippen LogP contribution < -0.4 is 15.4 Å². The van der Waals surface area contributed by atoms with Gasteiger partial charge in [0.15, 0.2) is 0 Å². The van der Waals surface area contributed by atoms with E-state index in [1.807, 2.05) is 37.3 Å². The van der Waals surface area contributed by atoms with Crippen LogP contribution >= 0.6 is 0 Å². The number of fused-ring (bicyclic) bond motifs is 1. The molecule has 0 aliphatic carbocycles. The van der Waals surface area contributed by atoms with E-state index in [1.54, 1.807) is 7.11 Å². The molecule has 0 aromatic heterocycles. The molecule has 1 unspecified atom stereocenters. The highest BCUT2D eigenvalue weighted by Crippen LogP contribution is 2.21. The lowest BCUT2D eigenvalue weighted by molar-refractivity contribution is 0.234. The molecular formula is C18H24N2O3. The summed E-state index contributed by atoms with van der Waals surface area (Å²) in [5.41, 5.74) is 1.04. The maximum atomic E-state index is 11.8. The highest BCUT2D eigenvalue weighted by molar-refractivity contribution is 5.84. The van der Waals surface area contributed by atoms with Gasteiger partial charge in [-0.25, -0.2) is 4.79 Å². The van der Waals surface area contributed by atoms with E-state index in [9.17, 15) is 4.79 Å². The summed E-state index contributed by atoms with van der Waals surface area (Å²) in [6.45, 7) is 2.55. The van der Waals surface area contributed by atoms with Crippen molar-refractivity contribution in [3.05, 3.63) is 42.0 Å². The van der Waals surface area contributed by atoms with Crippen molar-refractivity contribution in [3.63, 3.8) is 0 Å². The van der Waals surface area contributed by atoms with E-state index in [0.29, 0.717) is 13.0 Å². The summed E-state index contributed by atoms with van der Waals surface area (Å²) < 4.78 is 5.22. The second-order valence-corrected chi connectivity index (χ2v) is 5.64. The van der Waals surface area contributed by atoms with E-state index in [-0.39, 0.29) is 18.7 Å². The van der Waals surface area contributed by atoms with Crippen LogP contribution in [0, 0.1) is 0 Å². The van der Waals surface area contributed by atoms with Crippen molar-refractivity contribution >= 4 is 16.8 Å². The minimum Gasteiger partial charge on any atom is -0.497 e. The third kappa shape index (κ3) is 5.14. The van der Waals surface area contributed by atoms with Gasteiger partial charge >= 0.3 is 6.03 Å². The highest BCUT2D eigenvalue weighted by atomic mass is 16.5. The van der Waals surface area contributed by atoms with Crippen LogP contribution in [-0.2, 0) is 6.54 Å². The Bertz CT molecular complexity index is 658. The summed E-state index contributed by atoms with van der Waals surface area (Å²) >= 11 is 0. The molecule has 0 aliphatic heterocycles. The van der Waals surface area contributed by atoms with Crippen molar-refractivity contribution in [1.29, 1.82) is 0 Å². The summed E-state index contributed by atoms with van der Waals surface area (Å²) in [6, 6.07) is 11.9. The number of carbonyl (C=O) groups excluding carboxylic acids is 1. The number of urea groups is 1. The van der Waals surface area contributed by atoms with Crippen LogP contribution in [0.2, 0.25) is 0 Å². The Kier molecular flexibility index (Phi) is 6.23. The van der Waals surface area contributed by atoms with Crippen molar-refractivity contribution < 1.29 is 14.6 Å². The molecule has 2 aromatic rings. The first-order valence-electron chi connectivity index (χ1n) is 7.84. The molecule has 0 radical (unpaired) electrons. The number of amides is 2. The molecule has 5 heteroatoms. The fourth-order valence-corrected chi connectivity index (χ4v) is 2.44. The van der Waals surface area contributed by atoms with E-state index in [4.69, 9.17) is 9.84 Å². The van der Waals surface area contributed by atoms with Crippen LogP contribution in [0.1, 0.15) is 25.3 Å². The summed E-state index contributed by atoms with van der Waals surface area (Å²) in [4.78, 5) is 11.8. The van der Waals surface area contributed by atoms with Crippen molar-refractivity contribution in [2.45, 2.75) is 32.4 Å². The Morgan fingerprint density at radius 1 is 1.22 bits per heavy atom. The fourth-order valence-electron chi connectivity index (χ4n) is 2.44. The number of carbonyl (C=O) groups is 1. The number of methoxy groups -OCH3 is 1. The second-order valence-electron chi connectivity index (χ2n) is 5.64. The average Bonchev–Trinajstić information content (AvgIpc) is 2.57. The zero-order chi connectivity index (χ0) is 16.7. The number of rotatable bonds is 7. The van der Waals surface area contributed by atoms with Crippen LogP contribution in [-0.4, -0.2) is 30.9 Å². The largest absolute Gasteiger partial charge is 0.497 e. The van der Waals surface area contributed by atoms with Gasteiger partial charge in [0.05, 0.1) is 7.11 Å². The molecule has 23 heavy (non-hydrogen) atoms. The molecular weight excluding hydrogens is 292 g/mol. The topological polar surface area (TPSA) is 70.6 Å². The number of hydrogen-bond acceptors (Lipinski definition) is 3. The van der Waals surface area contributed by atoms with Crippen LogP contribution in [0.5, 0.6) is 5.75 Å². The predicted molar refractivity (Wildman–Crippen MR) is 91.7 cm³/mol. The maximum absolute atomic E-state index is 11.8. The van der Waals surface area contributed by atoms with E-state index in [0.717, 1.165) is 28.5 Å². The van der Waals surface area contributed by atoms with Gasteiger partial charge in [0.2, 0.25) is 0 Å². The van der Waals surface area contributed by atoms with Gasteiger partial charge in [-0.2, -0.15) is 0 Å². The van der Waals surface area contributed by atoms with Gasteiger partial charge in [-0.15, -0.1) is 0 Å². The minimum absolute atomic E-state index is 0.0474. The Morgan fingerprint density at radius 2 is 1.96 bits per heavy atom. The molecule has 1 atom stereocenters. The molecule has 124 valence electrons. The molecule has 2 amide bonds. The average molecular weight is 316 g/mol. The number of aliphatic hydroxyl groups excluding tert-OH is 1. The van der Waals surface area contributed by atoms with Gasteiger partial charge in [0, 0.05) is 19.2 Å². The van der Waals surface area contributed by atoms with Gasteiger partial charge < -0.3 is 20.5 Å². The smallest absolute Gasteiger partial charge is 0.315 e. The van der Waals surface area contributed by atoms with Crippen molar-refractivity contribution in [2.24, 2.45) is 0 Å². The summed E-state index contributed by atoms with van der Waals surface area (Å²) in [5.74, 6) is 0.833. The molecule has 0 fully saturated rings. The Labute approximate surface area is 136 Å². The lowest BCUT2D eigenvalue weighted by Gasteiger charge is -2.14. The standard InChI is InChI=1S/C18H24N2O3/c1-13(4-3-9-21)20-18(22)19-12-14-5-6-16-11-17(23-2)8-7-15(16)10-14/h5-8,10-11,13,21H,3-4,9,12H2,1-2H3,(H2,19,20,22).